The fraction of sp³-hybridized carbons (Fsp3) is 0.0556. The summed E-state index contributed by atoms with van der Waals surface area (Å²) in [5.74, 6) is 0.126. The van der Waals surface area contributed by atoms with Crippen LogP contribution in [0.25, 0.3) is 43.1 Å². The molecular formula is C36H25N. The summed E-state index contributed by atoms with van der Waals surface area (Å²) in [5.41, 5.74) is 7.73. The molecule has 174 valence electrons. The Kier molecular flexibility index (Phi) is 4.27. The molecule has 37 heavy (non-hydrogen) atoms. The zero-order valence-corrected chi connectivity index (χ0v) is 20.6. The largest absolute Gasteiger partial charge is 0.355 e. The molecule has 1 heterocycles. The third kappa shape index (κ3) is 3.11. The molecule has 7 aromatic rings. The summed E-state index contributed by atoms with van der Waals surface area (Å²) in [6.45, 7) is 2.16. The Balaban J connectivity index is 1.51. The maximum atomic E-state index is 3.83. The molecule has 8 rings (SSSR count). The third-order valence-electron chi connectivity index (χ3n) is 8.11. The first kappa shape index (κ1) is 20.6. The van der Waals surface area contributed by atoms with E-state index >= 15 is 0 Å². The van der Waals surface area contributed by atoms with Crippen molar-refractivity contribution in [2.24, 2.45) is 0 Å². The second-order valence-corrected chi connectivity index (χ2v) is 10.4. The third-order valence-corrected chi connectivity index (χ3v) is 8.11. The second-order valence-electron chi connectivity index (χ2n) is 10.4. The number of rotatable bonds is 1. The lowest BCUT2D eigenvalue weighted by molar-refractivity contribution is 0.987. The van der Waals surface area contributed by atoms with Gasteiger partial charge in [-0.15, -0.1) is 0 Å². The van der Waals surface area contributed by atoms with Crippen LogP contribution in [0.5, 0.6) is 0 Å². The van der Waals surface area contributed by atoms with E-state index in [0.717, 1.165) is 0 Å². The van der Waals surface area contributed by atoms with Crippen molar-refractivity contribution in [3.63, 3.8) is 0 Å². The zero-order chi connectivity index (χ0) is 24.5. The highest BCUT2D eigenvalue weighted by molar-refractivity contribution is 6.07. The van der Waals surface area contributed by atoms with E-state index in [1.807, 2.05) is 0 Å². The van der Waals surface area contributed by atoms with E-state index in [0.29, 0.717) is 0 Å². The molecule has 0 unspecified atom stereocenters. The van der Waals surface area contributed by atoms with Crippen LogP contribution in [-0.2, 0) is 0 Å². The van der Waals surface area contributed by atoms with Crippen molar-refractivity contribution in [3.05, 3.63) is 144 Å². The van der Waals surface area contributed by atoms with Crippen LogP contribution in [0.3, 0.4) is 0 Å². The lowest BCUT2D eigenvalue weighted by atomic mass is 9.76. The van der Waals surface area contributed by atoms with Crippen molar-refractivity contribution in [1.29, 1.82) is 0 Å². The Bertz CT molecular complexity index is 1890. The Morgan fingerprint density at radius 2 is 0.919 bits per heavy atom. The van der Waals surface area contributed by atoms with Gasteiger partial charge in [0, 0.05) is 17.3 Å². The predicted octanol–water partition coefficient (Wildman–Crippen LogP) is 9.85. The molecular weight excluding hydrogens is 446 g/mol. The predicted molar refractivity (Wildman–Crippen MR) is 158 cm³/mol. The quantitative estimate of drug-likeness (QED) is 0.235. The summed E-state index contributed by atoms with van der Waals surface area (Å²) < 4.78 is 0. The molecule has 1 aliphatic rings. The van der Waals surface area contributed by atoms with Crippen molar-refractivity contribution >= 4 is 54.5 Å². The number of fused-ring (bicyclic) bond motifs is 8. The van der Waals surface area contributed by atoms with Crippen molar-refractivity contribution in [2.45, 2.75) is 12.8 Å². The van der Waals surface area contributed by atoms with Crippen LogP contribution in [0.4, 0.5) is 11.4 Å². The zero-order valence-electron chi connectivity index (χ0n) is 20.6. The van der Waals surface area contributed by atoms with Gasteiger partial charge in [0.05, 0.1) is 0 Å². The summed E-state index contributed by atoms with van der Waals surface area (Å²) in [7, 11) is 0. The smallest absolute Gasteiger partial charge is 0.0433 e. The van der Waals surface area contributed by atoms with E-state index in [9.17, 15) is 0 Å². The fourth-order valence-electron chi connectivity index (χ4n) is 6.30. The maximum absolute atomic E-state index is 3.83. The van der Waals surface area contributed by atoms with Crippen LogP contribution in [0.2, 0.25) is 0 Å². The minimum atomic E-state index is 0.126. The molecule has 0 radical (unpaired) electrons. The Hall–Kier alpha value is -4.62. The standard InChI is InChI=1S/C36H25N/c1-22-10-12-23(13-11-22)34-35-30-20-26-8-4-2-6-24(26)18-28(30)14-16-32(35)37-33-17-15-29-19-25-7-3-5-9-27(25)21-31(29)36(33)34/h2-21,34,37H,1H3. The molecule has 0 saturated carbocycles. The van der Waals surface area contributed by atoms with E-state index in [1.165, 1.54) is 76.7 Å². The summed E-state index contributed by atoms with van der Waals surface area (Å²) in [6, 6.07) is 45.0. The molecule has 0 saturated heterocycles. The molecule has 0 atom stereocenters. The van der Waals surface area contributed by atoms with Crippen LogP contribution in [0.1, 0.15) is 28.2 Å². The van der Waals surface area contributed by atoms with E-state index in [1.54, 1.807) is 0 Å². The number of hydrogen-bond acceptors (Lipinski definition) is 1. The summed E-state index contributed by atoms with van der Waals surface area (Å²) in [4.78, 5) is 0. The molecule has 1 N–H and O–H groups in total. The number of nitrogens with one attached hydrogen (secondary N) is 1. The number of hydrogen-bond donors (Lipinski definition) is 1. The highest BCUT2D eigenvalue weighted by Gasteiger charge is 2.30. The van der Waals surface area contributed by atoms with Gasteiger partial charge >= 0.3 is 0 Å². The average molecular weight is 472 g/mol. The highest BCUT2D eigenvalue weighted by Crippen LogP contribution is 2.50. The molecule has 1 heteroatoms. The lowest BCUT2D eigenvalue weighted by Gasteiger charge is -2.32. The van der Waals surface area contributed by atoms with Gasteiger partial charge in [-0.3, -0.25) is 0 Å². The maximum Gasteiger partial charge on any atom is 0.0433 e. The Morgan fingerprint density at radius 3 is 1.41 bits per heavy atom. The summed E-state index contributed by atoms with van der Waals surface area (Å²) in [5, 5.41) is 14.2. The first-order valence-corrected chi connectivity index (χ1v) is 13.0. The van der Waals surface area contributed by atoms with Gasteiger partial charge in [0.25, 0.3) is 0 Å². The van der Waals surface area contributed by atoms with Gasteiger partial charge in [-0.2, -0.15) is 0 Å². The lowest BCUT2D eigenvalue weighted by Crippen LogP contribution is -2.15. The monoisotopic (exact) mass is 471 g/mol. The average Bonchev–Trinajstić information content (AvgIpc) is 2.94. The van der Waals surface area contributed by atoms with Gasteiger partial charge < -0.3 is 5.32 Å². The van der Waals surface area contributed by atoms with E-state index < -0.39 is 0 Å². The van der Waals surface area contributed by atoms with Crippen molar-refractivity contribution in [2.75, 3.05) is 5.32 Å². The van der Waals surface area contributed by atoms with Crippen molar-refractivity contribution in [3.8, 4) is 0 Å². The van der Waals surface area contributed by atoms with Crippen molar-refractivity contribution < 1.29 is 0 Å². The summed E-state index contributed by atoms with van der Waals surface area (Å²) in [6.07, 6.45) is 0. The molecule has 1 nitrogen and oxygen atoms in total. The SMILES string of the molecule is Cc1ccc(C2c3c(ccc4cc5ccccc5cc34)Nc3ccc4cc5ccccc5cc4c32)cc1. The van der Waals surface area contributed by atoms with E-state index in [4.69, 9.17) is 0 Å². The molecule has 1 aliphatic heterocycles. The van der Waals surface area contributed by atoms with Gasteiger partial charge in [0.1, 0.15) is 0 Å². The molecule has 0 aliphatic carbocycles. The van der Waals surface area contributed by atoms with Crippen LogP contribution in [0, 0.1) is 6.92 Å². The number of benzene rings is 7. The van der Waals surface area contributed by atoms with Crippen LogP contribution in [0.15, 0.2) is 121 Å². The Labute approximate surface area is 216 Å². The first-order valence-electron chi connectivity index (χ1n) is 13.0. The minimum Gasteiger partial charge on any atom is -0.355 e. The molecule has 0 spiro atoms. The van der Waals surface area contributed by atoms with Crippen LogP contribution in [-0.4, -0.2) is 0 Å². The normalized spacial score (nSPS) is 13.1. The van der Waals surface area contributed by atoms with Crippen molar-refractivity contribution in [1.82, 2.24) is 0 Å². The molecule has 0 amide bonds. The summed E-state index contributed by atoms with van der Waals surface area (Å²) >= 11 is 0. The second kappa shape index (κ2) is 7.69. The van der Waals surface area contributed by atoms with Crippen LogP contribution >= 0.6 is 0 Å². The van der Waals surface area contributed by atoms with Crippen LogP contribution < -0.4 is 5.32 Å². The van der Waals surface area contributed by atoms with Gasteiger partial charge in [0.2, 0.25) is 0 Å². The highest BCUT2D eigenvalue weighted by atomic mass is 14.9. The van der Waals surface area contributed by atoms with Gasteiger partial charge in [-0.05, 0) is 103 Å². The number of aryl methyl sites for hydroxylation is 1. The molecule has 0 aromatic heterocycles. The van der Waals surface area contributed by atoms with Gasteiger partial charge in [-0.1, -0.05) is 90.5 Å². The topological polar surface area (TPSA) is 12.0 Å². The molecule has 0 bridgehead atoms. The Morgan fingerprint density at radius 1 is 0.459 bits per heavy atom. The van der Waals surface area contributed by atoms with Gasteiger partial charge in [0.15, 0.2) is 0 Å². The fourth-order valence-corrected chi connectivity index (χ4v) is 6.30. The molecule has 0 fully saturated rings. The van der Waals surface area contributed by atoms with E-state index in [2.05, 4.69) is 134 Å². The van der Waals surface area contributed by atoms with E-state index in [-0.39, 0.29) is 5.92 Å². The molecule has 7 aromatic carbocycles. The first-order chi connectivity index (χ1) is 18.2. The number of anilines is 2. The van der Waals surface area contributed by atoms with Gasteiger partial charge in [-0.25, -0.2) is 0 Å². The minimum absolute atomic E-state index is 0.126.